The number of para-hydroxylation sites is 1. The van der Waals surface area contributed by atoms with Crippen molar-refractivity contribution in [2.75, 3.05) is 0 Å². The van der Waals surface area contributed by atoms with Gasteiger partial charge < -0.3 is 4.98 Å². The minimum atomic E-state index is -0.486. The highest BCUT2D eigenvalue weighted by Crippen LogP contribution is 2.31. The summed E-state index contributed by atoms with van der Waals surface area (Å²) in [5.41, 5.74) is 4.59. The first-order valence-electron chi connectivity index (χ1n) is 12.9. The van der Waals surface area contributed by atoms with Crippen molar-refractivity contribution in [3.05, 3.63) is 146 Å². The third-order valence-corrected chi connectivity index (χ3v) is 7.78. The lowest BCUT2D eigenvalue weighted by Gasteiger charge is -2.31. The Morgan fingerprint density at radius 3 is 2.41 bits per heavy atom. The van der Waals surface area contributed by atoms with E-state index in [0.29, 0.717) is 31.0 Å². The Kier molecular flexibility index (Phi) is 7.12. The zero-order chi connectivity index (χ0) is 26.6. The third kappa shape index (κ3) is 5.43. The van der Waals surface area contributed by atoms with Crippen molar-refractivity contribution in [1.29, 1.82) is 0 Å². The minimum absolute atomic E-state index is 0.139. The maximum absolute atomic E-state index is 13.8. The van der Waals surface area contributed by atoms with Crippen LogP contribution in [0.15, 0.2) is 107 Å². The van der Waals surface area contributed by atoms with E-state index in [-0.39, 0.29) is 5.56 Å². The highest BCUT2D eigenvalue weighted by molar-refractivity contribution is 7.09. The lowest BCUT2D eigenvalue weighted by Crippen LogP contribution is -2.34. The van der Waals surface area contributed by atoms with E-state index in [0.717, 1.165) is 27.6 Å². The molecule has 0 aliphatic rings. The zero-order valence-electron chi connectivity index (χ0n) is 21.6. The van der Waals surface area contributed by atoms with Crippen LogP contribution < -0.4 is 5.56 Å². The van der Waals surface area contributed by atoms with Gasteiger partial charge in [0.25, 0.3) is 5.56 Å². The molecule has 0 unspecified atom stereocenters. The molecule has 0 spiro atoms. The Bertz CT molecular complexity index is 1730. The van der Waals surface area contributed by atoms with Gasteiger partial charge in [0, 0.05) is 23.5 Å². The van der Waals surface area contributed by atoms with Crippen molar-refractivity contribution in [3.63, 3.8) is 0 Å². The topological polar surface area (TPSA) is 79.7 Å². The van der Waals surface area contributed by atoms with Gasteiger partial charge in [0.05, 0.1) is 12.1 Å². The van der Waals surface area contributed by atoms with Gasteiger partial charge in [-0.15, -0.1) is 16.4 Å². The smallest absolute Gasteiger partial charge is 0.253 e. The van der Waals surface area contributed by atoms with E-state index >= 15 is 0 Å². The number of pyridine rings is 1. The maximum Gasteiger partial charge on any atom is 0.253 e. The summed E-state index contributed by atoms with van der Waals surface area (Å²) in [6.07, 6.45) is 0. The third-order valence-electron chi connectivity index (χ3n) is 6.92. The zero-order valence-corrected chi connectivity index (χ0v) is 22.4. The van der Waals surface area contributed by atoms with Crippen LogP contribution in [0.4, 0.5) is 0 Å². The first kappa shape index (κ1) is 24.9. The minimum Gasteiger partial charge on any atom is -0.321 e. The van der Waals surface area contributed by atoms with Gasteiger partial charge in [0.2, 0.25) is 0 Å². The number of nitrogens with zero attached hydrogens (tertiary/aromatic N) is 5. The summed E-state index contributed by atoms with van der Waals surface area (Å²) in [4.78, 5) is 20.4. The van der Waals surface area contributed by atoms with Gasteiger partial charge in [0.15, 0.2) is 5.82 Å². The molecule has 0 fully saturated rings. The molecule has 0 aliphatic heterocycles. The number of hydrogen-bond donors (Lipinski definition) is 1. The quantitative estimate of drug-likeness (QED) is 0.257. The number of aryl methyl sites for hydroxylation is 1. The van der Waals surface area contributed by atoms with Gasteiger partial charge in [-0.2, -0.15) is 0 Å². The molecule has 8 heteroatoms. The molecular weight excluding hydrogens is 504 g/mol. The van der Waals surface area contributed by atoms with E-state index in [1.165, 1.54) is 4.88 Å². The van der Waals surface area contributed by atoms with Crippen LogP contribution >= 0.6 is 11.3 Å². The van der Waals surface area contributed by atoms with Gasteiger partial charge in [-0.3, -0.25) is 9.69 Å². The average molecular weight is 533 g/mol. The number of thiophene rings is 1. The normalized spacial score (nSPS) is 12.3. The lowest BCUT2D eigenvalue weighted by atomic mass is 10.0. The van der Waals surface area contributed by atoms with E-state index in [9.17, 15) is 4.79 Å². The Hall–Kier alpha value is -4.40. The lowest BCUT2D eigenvalue weighted by molar-refractivity contribution is 0.196. The first-order chi connectivity index (χ1) is 19.2. The number of hydrogen-bond acceptors (Lipinski definition) is 6. The van der Waals surface area contributed by atoms with Crippen LogP contribution in [0.3, 0.4) is 0 Å². The second kappa shape index (κ2) is 11.1. The molecule has 1 atom stereocenters. The molecule has 0 saturated carbocycles. The van der Waals surface area contributed by atoms with E-state index in [1.807, 2.05) is 72.3 Å². The van der Waals surface area contributed by atoms with Gasteiger partial charge in [-0.05, 0) is 56.9 Å². The van der Waals surface area contributed by atoms with Crippen molar-refractivity contribution < 1.29 is 0 Å². The molecule has 39 heavy (non-hydrogen) atoms. The van der Waals surface area contributed by atoms with Crippen molar-refractivity contribution in [2.45, 2.75) is 32.6 Å². The summed E-state index contributed by atoms with van der Waals surface area (Å²) in [6, 6.07) is 32.2. The van der Waals surface area contributed by atoms with Crippen LogP contribution in [-0.2, 0) is 19.6 Å². The van der Waals surface area contributed by atoms with Crippen LogP contribution in [0.1, 0.15) is 39.0 Å². The largest absolute Gasteiger partial charge is 0.321 e. The molecule has 0 amide bonds. The van der Waals surface area contributed by atoms with Crippen LogP contribution in [-0.4, -0.2) is 30.1 Å². The molecule has 194 valence electrons. The molecule has 0 saturated heterocycles. The summed E-state index contributed by atoms with van der Waals surface area (Å²) >= 11 is 1.70. The molecule has 3 aromatic carbocycles. The maximum atomic E-state index is 13.8. The molecule has 6 aromatic rings. The molecule has 0 aliphatic carbocycles. The second-order valence-corrected chi connectivity index (χ2v) is 10.7. The second-order valence-electron chi connectivity index (χ2n) is 9.65. The van der Waals surface area contributed by atoms with Crippen molar-refractivity contribution in [3.8, 4) is 0 Å². The van der Waals surface area contributed by atoms with Gasteiger partial charge in [-0.1, -0.05) is 84.9 Å². The summed E-state index contributed by atoms with van der Waals surface area (Å²) in [5.74, 6) is 0.629. The molecule has 3 aromatic heterocycles. The predicted molar refractivity (Wildman–Crippen MR) is 155 cm³/mol. The summed E-state index contributed by atoms with van der Waals surface area (Å²) in [6.45, 7) is 3.77. The number of H-pyrrole nitrogens is 1. The molecular formula is C31H28N6OS. The van der Waals surface area contributed by atoms with Crippen LogP contribution in [0, 0.1) is 6.92 Å². The summed E-state index contributed by atoms with van der Waals surface area (Å²) in [7, 11) is 0. The number of aromatic amines is 1. The molecule has 3 heterocycles. The molecule has 1 N–H and O–H groups in total. The fraction of sp³-hybridized carbons (Fsp3) is 0.161. The van der Waals surface area contributed by atoms with Crippen molar-refractivity contribution in [2.24, 2.45) is 0 Å². The fourth-order valence-electron chi connectivity index (χ4n) is 5.04. The number of tetrazole rings is 1. The highest BCUT2D eigenvalue weighted by atomic mass is 32.1. The number of aromatic nitrogens is 5. The Labute approximate surface area is 230 Å². The molecule has 0 radical (unpaired) electrons. The molecule has 0 bridgehead atoms. The Balaban J connectivity index is 1.53. The van der Waals surface area contributed by atoms with E-state index in [4.69, 9.17) is 0 Å². The number of nitrogens with one attached hydrogen (secondary N) is 1. The van der Waals surface area contributed by atoms with E-state index in [1.54, 1.807) is 11.3 Å². The van der Waals surface area contributed by atoms with Crippen LogP contribution in [0.5, 0.6) is 0 Å². The Morgan fingerprint density at radius 2 is 1.67 bits per heavy atom. The van der Waals surface area contributed by atoms with Gasteiger partial charge >= 0.3 is 0 Å². The summed E-state index contributed by atoms with van der Waals surface area (Å²) in [5, 5.41) is 16.0. The fourth-order valence-corrected chi connectivity index (χ4v) is 5.77. The van der Waals surface area contributed by atoms with E-state index < -0.39 is 6.04 Å². The van der Waals surface area contributed by atoms with Gasteiger partial charge in [0.1, 0.15) is 6.04 Å². The first-order valence-corrected chi connectivity index (χ1v) is 13.8. The Morgan fingerprint density at radius 1 is 0.897 bits per heavy atom. The van der Waals surface area contributed by atoms with Crippen LogP contribution in [0.25, 0.3) is 10.9 Å². The van der Waals surface area contributed by atoms with E-state index in [2.05, 4.69) is 67.2 Å². The number of fused-ring (bicyclic) bond motifs is 1. The SMILES string of the molecule is Cc1cccc2cc([C@H](c3nnnn3Cc3ccccc3)N(Cc3ccccc3)Cc3cccs3)c(=O)[nH]c12. The molecule has 6 rings (SSSR count). The van der Waals surface area contributed by atoms with Crippen LogP contribution in [0.2, 0.25) is 0 Å². The molecule has 7 nitrogen and oxygen atoms in total. The number of rotatable bonds is 9. The average Bonchev–Trinajstić information content (AvgIpc) is 3.63. The summed E-state index contributed by atoms with van der Waals surface area (Å²) < 4.78 is 1.81. The van der Waals surface area contributed by atoms with Crippen molar-refractivity contribution in [1.82, 2.24) is 30.1 Å². The monoisotopic (exact) mass is 532 g/mol. The highest BCUT2D eigenvalue weighted by Gasteiger charge is 2.31. The number of benzene rings is 3. The van der Waals surface area contributed by atoms with Crippen molar-refractivity contribution >= 4 is 22.2 Å². The van der Waals surface area contributed by atoms with Gasteiger partial charge in [-0.25, -0.2) is 4.68 Å². The predicted octanol–water partition coefficient (Wildman–Crippen LogP) is 5.72. The standard InChI is InChI=1S/C31H28N6OS/c1-22-10-8-15-25-18-27(31(38)32-28(22)25)29(30-33-34-35-37(30)20-24-13-6-3-7-14-24)36(21-26-16-9-17-39-26)19-23-11-4-2-5-12-23/h2-18,29H,19-21H2,1H3,(H,32,38)/t29-/m1/s1.